The molecule has 1 aromatic carbocycles. The summed E-state index contributed by atoms with van der Waals surface area (Å²) in [5.41, 5.74) is 0.894. The number of amides is 1. The van der Waals surface area contributed by atoms with Crippen molar-refractivity contribution in [3.05, 3.63) is 39.4 Å². The number of hydrogen-bond acceptors (Lipinski definition) is 4. The smallest absolute Gasteiger partial charge is 0.273 e. The van der Waals surface area contributed by atoms with Crippen LogP contribution in [-0.2, 0) is 0 Å². The van der Waals surface area contributed by atoms with E-state index < -0.39 is 4.92 Å². The summed E-state index contributed by atoms with van der Waals surface area (Å²) >= 11 is 0. The third kappa shape index (κ3) is 4.77. The zero-order valence-corrected chi connectivity index (χ0v) is 14.6. The Bertz CT molecular complexity index is 589. The summed E-state index contributed by atoms with van der Waals surface area (Å²) in [4.78, 5) is 25.2. The molecule has 1 aliphatic rings. The van der Waals surface area contributed by atoms with E-state index in [0.29, 0.717) is 23.7 Å². The Labute approximate surface area is 143 Å². The Morgan fingerprint density at radius 3 is 2.92 bits per heavy atom. The van der Waals surface area contributed by atoms with Crippen molar-refractivity contribution in [3.63, 3.8) is 0 Å². The molecule has 1 aromatic rings. The van der Waals surface area contributed by atoms with Crippen molar-refractivity contribution in [2.45, 2.75) is 52.0 Å². The van der Waals surface area contributed by atoms with Gasteiger partial charge in [0.05, 0.1) is 4.92 Å². The standard InChI is InChI=1S/C18H27N3O3/c1-3-16-7-4-5-11-20(16)12-6-10-19-18(22)15-9-8-14(2)17(13-15)21(23)24/h8-9,13,16H,3-7,10-12H2,1-2H3,(H,19,22). The fraction of sp³-hybridized carbons (Fsp3) is 0.611. The number of hydrogen-bond donors (Lipinski definition) is 1. The molecule has 0 bridgehead atoms. The molecule has 24 heavy (non-hydrogen) atoms. The van der Waals surface area contributed by atoms with Gasteiger partial charge in [-0.3, -0.25) is 14.9 Å². The number of nitro groups is 1. The third-order valence-corrected chi connectivity index (χ3v) is 4.80. The molecule has 1 unspecified atom stereocenters. The highest BCUT2D eigenvalue weighted by atomic mass is 16.6. The molecule has 6 heteroatoms. The number of carbonyl (C=O) groups excluding carboxylic acids is 1. The van der Waals surface area contributed by atoms with Crippen LogP contribution in [-0.4, -0.2) is 41.4 Å². The predicted octanol–water partition coefficient (Wildman–Crippen LogP) is 3.29. The average molecular weight is 333 g/mol. The van der Waals surface area contributed by atoms with Crippen molar-refractivity contribution < 1.29 is 9.72 Å². The van der Waals surface area contributed by atoms with Crippen LogP contribution in [0, 0.1) is 17.0 Å². The summed E-state index contributed by atoms with van der Waals surface area (Å²) in [7, 11) is 0. The second kappa shape index (κ2) is 8.78. The number of nitrogens with one attached hydrogen (secondary N) is 1. The summed E-state index contributed by atoms with van der Waals surface area (Å²) < 4.78 is 0. The number of benzene rings is 1. The minimum atomic E-state index is -0.451. The van der Waals surface area contributed by atoms with Crippen molar-refractivity contribution in [3.8, 4) is 0 Å². The highest BCUT2D eigenvalue weighted by Crippen LogP contribution is 2.20. The number of carbonyl (C=O) groups is 1. The molecule has 0 aliphatic carbocycles. The summed E-state index contributed by atoms with van der Waals surface area (Å²) in [6, 6.07) is 5.28. The van der Waals surface area contributed by atoms with E-state index in [9.17, 15) is 14.9 Å². The van der Waals surface area contributed by atoms with Crippen molar-refractivity contribution in [1.82, 2.24) is 10.2 Å². The number of likely N-dealkylation sites (tertiary alicyclic amines) is 1. The quantitative estimate of drug-likeness (QED) is 0.472. The molecule has 0 saturated carbocycles. The number of nitro benzene ring substituents is 1. The van der Waals surface area contributed by atoms with Crippen LogP contribution < -0.4 is 5.32 Å². The molecule has 1 N–H and O–H groups in total. The lowest BCUT2D eigenvalue weighted by Gasteiger charge is -2.35. The Morgan fingerprint density at radius 2 is 2.21 bits per heavy atom. The minimum Gasteiger partial charge on any atom is -0.352 e. The number of nitrogens with zero attached hydrogens (tertiary/aromatic N) is 2. The van der Waals surface area contributed by atoms with E-state index in [-0.39, 0.29) is 11.6 Å². The molecule has 1 heterocycles. The molecule has 6 nitrogen and oxygen atoms in total. The van der Waals surface area contributed by atoms with Gasteiger partial charge in [0.1, 0.15) is 0 Å². The summed E-state index contributed by atoms with van der Waals surface area (Å²) in [5.74, 6) is -0.246. The van der Waals surface area contributed by atoms with Gasteiger partial charge in [0.15, 0.2) is 0 Å². The maximum absolute atomic E-state index is 12.2. The fourth-order valence-electron chi connectivity index (χ4n) is 3.35. The molecule has 0 aromatic heterocycles. The zero-order chi connectivity index (χ0) is 17.5. The van der Waals surface area contributed by atoms with Crippen molar-refractivity contribution in [1.29, 1.82) is 0 Å². The Hall–Kier alpha value is -1.95. The Balaban J connectivity index is 1.81. The highest BCUT2D eigenvalue weighted by molar-refractivity contribution is 5.94. The molecule has 1 saturated heterocycles. The second-order valence-corrected chi connectivity index (χ2v) is 6.46. The van der Waals surface area contributed by atoms with Gasteiger partial charge in [-0.1, -0.05) is 19.4 Å². The number of aryl methyl sites for hydroxylation is 1. The van der Waals surface area contributed by atoms with Crippen molar-refractivity contribution in [2.24, 2.45) is 0 Å². The van der Waals surface area contributed by atoms with Crippen LogP contribution in [0.5, 0.6) is 0 Å². The zero-order valence-electron chi connectivity index (χ0n) is 14.6. The normalized spacial score (nSPS) is 18.3. The molecule has 2 rings (SSSR count). The van der Waals surface area contributed by atoms with Gasteiger partial charge in [-0.25, -0.2) is 0 Å². The predicted molar refractivity (Wildman–Crippen MR) is 94.3 cm³/mol. The van der Waals surface area contributed by atoms with Crippen LogP contribution in [0.15, 0.2) is 18.2 Å². The molecule has 1 atom stereocenters. The third-order valence-electron chi connectivity index (χ3n) is 4.80. The van der Waals surface area contributed by atoms with Crippen LogP contribution in [0.4, 0.5) is 5.69 Å². The van der Waals surface area contributed by atoms with Gasteiger partial charge in [0.2, 0.25) is 0 Å². The fourth-order valence-corrected chi connectivity index (χ4v) is 3.35. The first-order valence-electron chi connectivity index (χ1n) is 8.80. The van der Waals surface area contributed by atoms with E-state index in [0.717, 1.165) is 19.5 Å². The summed E-state index contributed by atoms with van der Waals surface area (Å²) in [6.45, 7) is 6.63. The maximum atomic E-state index is 12.2. The Morgan fingerprint density at radius 1 is 1.42 bits per heavy atom. The molecule has 1 aliphatic heterocycles. The van der Waals surface area contributed by atoms with Crippen LogP contribution in [0.3, 0.4) is 0 Å². The highest BCUT2D eigenvalue weighted by Gasteiger charge is 2.20. The van der Waals surface area contributed by atoms with Gasteiger partial charge < -0.3 is 10.2 Å². The largest absolute Gasteiger partial charge is 0.352 e. The monoisotopic (exact) mass is 333 g/mol. The molecule has 1 fully saturated rings. The van der Waals surface area contributed by atoms with Gasteiger partial charge in [-0.2, -0.15) is 0 Å². The first kappa shape index (κ1) is 18.4. The van der Waals surface area contributed by atoms with E-state index in [2.05, 4.69) is 17.1 Å². The lowest BCUT2D eigenvalue weighted by atomic mass is 10.00. The van der Waals surface area contributed by atoms with E-state index in [1.165, 1.54) is 31.7 Å². The molecule has 1 amide bonds. The molecule has 0 spiro atoms. The SMILES string of the molecule is CCC1CCCCN1CCCNC(=O)c1ccc(C)c([N+](=O)[O-])c1. The lowest BCUT2D eigenvalue weighted by Crippen LogP contribution is -2.40. The van der Waals surface area contributed by atoms with Gasteiger partial charge in [0.25, 0.3) is 11.6 Å². The van der Waals surface area contributed by atoms with Gasteiger partial charge in [0, 0.05) is 36.3 Å². The van der Waals surface area contributed by atoms with Crippen LogP contribution in [0.1, 0.15) is 54.9 Å². The first-order chi connectivity index (χ1) is 11.5. The van der Waals surface area contributed by atoms with E-state index in [4.69, 9.17) is 0 Å². The van der Waals surface area contributed by atoms with E-state index in [1.54, 1.807) is 19.1 Å². The second-order valence-electron chi connectivity index (χ2n) is 6.46. The molecular formula is C18H27N3O3. The number of piperidine rings is 1. The van der Waals surface area contributed by atoms with Gasteiger partial charge in [-0.05, 0) is 45.2 Å². The lowest BCUT2D eigenvalue weighted by molar-refractivity contribution is -0.385. The molecule has 132 valence electrons. The summed E-state index contributed by atoms with van der Waals surface area (Å²) in [5, 5.41) is 13.8. The van der Waals surface area contributed by atoms with Crippen LogP contribution in [0.25, 0.3) is 0 Å². The van der Waals surface area contributed by atoms with Gasteiger partial charge in [-0.15, -0.1) is 0 Å². The van der Waals surface area contributed by atoms with Gasteiger partial charge >= 0.3 is 0 Å². The average Bonchev–Trinajstić information content (AvgIpc) is 2.59. The molecule has 0 radical (unpaired) electrons. The Kier molecular flexibility index (Phi) is 6.73. The van der Waals surface area contributed by atoms with Crippen LogP contribution >= 0.6 is 0 Å². The summed E-state index contributed by atoms with van der Waals surface area (Å²) in [6.07, 6.45) is 5.93. The first-order valence-corrected chi connectivity index (χ1v) is 8.80. The minimum absolute atomic E-state index is 0.0123. The number of rotatable bonds is 7. The topological polar surface area (TPSA) is 75.5 Å². The maximum Gasteiger partial charge on any atom is 0.273 e. The van der Waals surface area contributed by atoms with E-state index in [1.807, 2.05) is 0 Å². The van der Waals surface area contributed by atoms with Crippen molar-refractivity contribution in [2.75, 3.05) is 19.6 Å². The van der Waals surface area contributed by atoms with E-state index >= 15 is 0 Å². The van der Waals surface area contributed by atoms with Crippen LogP contribution in [0.2, 0.25) is 0 Å². The van der Waals surface area contributed by atoms with Crippen molar-refractivity contribution >= 4 is 11.6 Å². The molecular weight excluding hydrogens is 306 g/mol.